The average molecular weight is 257 g/mol. The van der Waals surface area contributed by atoms with Crippen LogP contribution in [0.3, 0.4) is 0 Å². The highest BCUT2D eigenvalue weighted by Crippen LogP contribution is 2.35. The fourth-order valence-electron chi connectivity index (χ4n) is 3.49. The molecule has 2 aromatic rings. The van der Waals surface area contributed by atoms with Gasteiger partial charge in [0, 0.05) is 6.04 Å². The fourth-order valence-corrected chi connectivity index (χ4v) is 3.49. The highest BCUT2D eigenvalue weighted by Gasteiger charge is 2.29. The van der Waals surface area contributed by atoms with E-state index in [1.54, 1.807) is 0 Å². The van der Waals surface area contributed by atoms with Gasteiger partial charge in [-0.1, -0.05) is 31.9 Å². The summed E-state index contributed by atoms with van der Waals surface area (Å²) in [6.07, 6.45) is 8.21. The number of aromatic nitrogens is 2. The topological polar surface area (TPSA) is 43.8 Å². The van der Waals surface area contributed by atoms with Gasteiger partial charge in [0.15, 0.2) is 0 Å². The Morgan fingerprint density at radius 3 is 3.00 bits per heavy atom. The lowest BCUT2D eigenvalue weighted by Crippen LogP contribution is -2.37. The molecule has 1 aromatic carbocycles. The number of hydrogen-bond acceptors (Lipinski definition) is 2. The monoisotopic (exact) mass is 257 g/mol. The first kappa shape index (κ1) is 12.7. The van der Waals surface area contributed by atoms with Gasteiger partial charge in [-0.2, -0.15) is 0 Å². The largest absolute Gasteiger partial charge is 0.326 e. The summed E-state index contributed by atoms with van der Waals surface area (Å²) in [4.78, 5) is 4.51. The summed E-state index contributed by atoms with van der Waals surface area (Å²) in [6.45, 7) is 2.27. The highest BCUT2D eigenvalue weighted by atomic mass is 15.1. The summed E-state index contributed by atoms with van der Waals surface area (Å²) in [7, 11) is 0. The molecule has 1 aliphatic carbocycles. The Balaban J connectivity index is 1.90. The van der Waals surface area contributed by atoms with Crippen LogP contribution in [0, 0.1) is 5.92 Å². The van der Waals surface area contributed by atoms with E-state index in [0.29, 0.717) is 6.04 Å². The van der Waals surface area contributed by atoms with E-state index >= 15 is 0 Å². The van der Waals surface area contributed by atoms with E-state index in [2.05, 4.69) is 34.7 Å². The van der Waals surface area contributed by atoms with E-state index in [1.165, 1.54) is 31.2 Å². The van der Waals surface area contributed by atoms with Gasteiger partial charge in [-0.05, 0) is 37.3 Å². The van der Waals surface area contributed by atoms with Crippen LogP contribution in [-0.4, -0.2) is 15.6 Å². The van der Waals surface area contributed by atoms with Crippen LogP contribution in [0.1, 0.15) is 45.1 Å². The quantitative estimate of drug-likeness (QED) is 0.914. The predicted octanol–water partition coefficient (Wildman–Crippen LogP) is 3.50. The molecule has 102 valence electrons. The number of benzene rings is 1. The molecule has 2 N–H and O–H groups in total. The van der Waals surface area contributed by atoms with Crippen molar-refractivity contribution in [3.05, 3.63) is 30.6 Å². The Morgan fingerprint density at radius 2 is 2.16 bits per heavy atom. The van der Waals surface area contributed by atoms with Crippen molar-refractivity contribution in [2.75, 3.05) is 0 Å². The van der Waals surface area contributed by atoms with E-state index in [1.807, 2.05) is 12.4 Å². The Bertz CT molecular complexity index is 546. The maximum absolute atomic E-state index is 6.37. The third kappa shape index (κ3) is 2.39. The number of para-hydroxylation sites is 2. The molecule has 3 heteroatoms. The predicted molar refractivity (Wildman–Crippen MR) is 79.0 cm³/mol. The second-order valence-electron chi connectivity index (χ2n) is 5.84. The molecule has 1 heterocycles. The van der Waals surface area contributed by atoms with Crippen molar-refractivity contribution in [3.63, 3.8) is 0 Å². The van der Waals surface area contributed by atoms with Gasteiger partial charge < -0.3 is 10.3 Å². The first-order chi connectivity index (χ1) is 9.29. The van der Waals surface area contributed by atoms with Crippen molar-refractivity contribution in [1.82, 2.24) is 9.55 Å². The van der Waals surface area contributed by atoms with E-state index in [0.717, 1.165) is 17.9 Å². The minimum absolute atomic E-state index is 0.269. The van der Waals surface area contributed by atoms with Crippen LogP contribution in [0.15, 0.2) is 30.6 Å². The number of nitrogens with zero attached hydrogens (tertiary/aromatic N) is 2. The van der Waals surface area contributed by atoms with Crippen molar-refractivity contribution in [3.8, 4) is 0 Å². The lowest BCUT2D eigenvalue weighted by Gasteiger charge is -2.35. The van der Waals surface area contributed by atoms with Crippen LogP contribution in [-0.2, 0) is 0 Å². The van der Waals surface area contributed by atoms with Gasteiger partial charge in [-0.25, -0.2) is 4.98 Å². The summed E-state index contributed by atoms with van der Waals surface area (Å²) in [5.74, 6) is 0.830. The van der Waals surface area contributed by atoms with Crippen LogP contribution < -0.4 is 5.73 Å². The molecular weight excluding hydrogens is 234 g/mol. The van der Waals surface area contributed by atoms with E-state index < -0.39 is 0 Å². The summed E-state index contributed by atoms with van der Waals surface area (Å²) in [5.41, 5.74) is 8.67. The molecule has 0 radical (unpaired) electrons. The van der Waals surface area contributed by atoms with Crippen LogP contribution in [0.5, 0.6) is 0 Å². The highest BCUT2D eigenvalue weighted by molar-refractivity contribution is 5.75. The molecule has 0 bridgehead atoms. The molecule has 3 atom stereocenters. The van der Waals surface area contributed by atoms with Crippen molar-refractivity contribution >= 4 is 11.0 Å². The number of rotatable bonds is 3. The standard InChI is InChI=1S/C16H23N3/c1-2-5-12-8-9-13(17)16(10-12)19-11-18-14-6-3-4-7-15(14)19/h3-4,6-7,11-13,16H,2,5,8-10,17H2,1H3. The Kier molecular flexibility index (Phi) is 3.56. The second-order valence-corrected chi connectivity index (χ2v) is 5.84. The zero-order valence-corrected chi connectivity index (χ0v) is 11.6. The van der Waals surface area contributed by atoms with Crippen LogP contribution in [0.25, 0.3) is 11.0 Å². The smallest absolute Gasteiger partial charge is 0.0961 e. The van der Waals surface area contributed by atoms with Crippen molar-refractivity contribution in [2.24, 2.45) is 11.7 Å². The van der Waals surface area contributed by atoms with Crippen LogP contribution in [0.4, 0.5) is 0 Å². The lowest BCUT2D eigenvalue weighted by molar-refractivity contribution is 0.228. The minimum atomic E-state index is 0.269. The average Bonchev–Trinajstić information content (AvgIpc) is 2.85. The Labute approximate surface area is 114 Å². The van der Waals surface area contributed by atoms with Crippen LogP contribution in [0.2, 0.25) is 0 Å². The summed E-state index contributed by atoms with van der Waals surface area (Å²) in [6, 6.07) is 9.03. The molecule has 3 rings (SSSR count). The number of nitrogens with two attached hydrogens (primary N) is 1. The Hall–Kier alpha value is -1.35. The molecule has 0 aliphatic heterocycles. The normalized spacial score (nSPS) is 27.8. The number of imidazole rings is 1. The van der Waals surface area contributed by atoms with E-state index in [4.69, 9.17) is 5.73 Å². The third-order valence-corrected chi connectivity index (χ3v) is 4.51. The molecular formula is C16H23N3. The maximum atomic E-state index is 6.37. The number of hydrogen-bond donors (Lipinski definition) is 1. The number of fused-ring (bicyclic) bond motifs is 1. The molecule has 0 spiro atoms. The van der Waals surface area contributed by atoms with Crippen molar-refractivity contribution in [1.29, 1.82) is 0 Å². The molecule has 3 unspecified atom stereocenters. The molecule has 1 aliphatic rings. The minimum Gasteiger partial charge on any atom is -0.326 e. The lowest BCUT2D eigenvalue weighted by atomic mass is 9.80. The van der Waals surface area contributed by atoms with Crippen molar-refractivity contribution < 1.29 is 0 Å². The Morgan fingerprint density at radius 1 is 1.32 bits per heavy atom. The second kappa shape index (κ2) is 5.33. The first-order valence-corrected chi connectivity index (χ1v) is 7.46. The molecule has 1 fully saturated rings. The summed E-state index contributed by atoms with van der Waals surface area (Å²) in [5, 5.41) is 0. The molecule has 0 saturated heterocycles. The van der Waals surface area contributed by atoms with E-state index in [9.17, 15) is 0 Å². The molecule has 1 aromatic heterocycles. The van der Waals surface area contributed by atoms with Gasteiger partial charge in [0.25, 0.3) is 0 Å². The van der Waals surface area contributed by atoms with E-state index in [-0.39, 0.29) is 6.04 Å². The van der Waals surface area contributed by atoms with Gasteiger partial charge >= 0.3 is 0 Å². The first-order valence-electron chi connectivity index (χ1n) is 7.46. The molecule has 0 amide bonds. The molecule has 1 saturated carbocycles. The van der Waals surface area contributed by atoms with Crippen molar-refractivity contribution in [2.45, 2.75) is 51.1 Å². The summed E-state index contributed by atoms with van der Waals surface area (Å²) < 4.78 is 2.31. The van der Waals surface area contributed by atoms with Gasteiger partial charge in [0.2, 0.25) is 0 Å². The molecule has 19 heavy (non-hydrogen) atoms. The fraction of sp³-hybridized carbons (Fsp3) is 0.562. The zero-order chi connectivity index (χ0) is 13.2. The molecule has 3 nitrogen and oxygen atoms in total. The third-order valence-electron chi connectivity index (χ3n) is 4.51. The zero-order valence-electron chi connectivity index (χ0n) is 11.6. The maximum Gasteiger partial charge on any atom is 0.0961 e. The van der Waals surface area contributed by atoms with Gasteiger partial charge in [-0.15, -0.1) is 0 Å². The van der Waals surface area contributed by atoms with Gasteiger partial charge in [-0.3, -0.25) is 0 Å². The van der Waals surface area contributed by atoms with Gasteiger partial charge in [0.1, 0.15) is 0 Å². The SMILES string of the molecule is CCCC1CCC(N)C(n2cnc3ccccc32)C1. The van der Waals surface area contributed by atoms with Gasteiger partial charge in [0.05, 0.1) is 23.4 Å². The summed E-state index contributed by atoms with van der Waals surface area (Å²) >= 11 is 0. The van der Waals surface area contributed by atoms with Crippen LogP contribution >= 0.6 is 0 Å².